The van der Waals surface area contributed by atoms with Gasteiger partial charge in [0.05, 0.1) is 34.6 Å². The number of benzene rings is 2. The van der Waals surface area contributed by atoms with Gasteiger partial charge >= 0.3 is 0 Å². The monoisotopic (exact) mass is 516 g/mol. The maximum absolute atomic E-state index is 11.9. The van der Waals surface area contributed by atoms with Crippen LogP contribution in [0.1, 0.15) is 53.4 Å². The minimum Gasteiger partial charge on any atom is -0.495 e. The molecule has 7 heteroatoms. The Kier molecular flexibility index (Phi) is 7.87. The molecular weight excluding hydrogens is 480 g/mol. The predicted octanol–water partition coefficient (Wildman–Crippen LogP) is 5.33. The van der Waals surface area contributed by atoms with E-state index in [2.05, 4.69) is 57.8 Å². The van der Waals surface area contributed by atoms with Crippen molar-refractivity contribution in [2.45, 2.75) is 51.1 Å². The highest BCUT2D eigenvalue weighted by atomic mass is 32.1. The summed E-state index contributed by atoms with van der Waals surface area (Å²) in [5.74, 6) is 7.20. The van der Waals surface area contributed by atoms with Gasteiger partial charge in [-0.2, -0.15) is 0 Å². The highest BCUT2D eigenvalue weighted by Gasteiger charge is 2.31. The van der Waals surface area contributed by atoms with Crippen LogP contribution in [0.5, 0.6) is 5.75 Å². The largest absolute Gasteiger partial charge is 0.495 e. The molecule has 3 aromatic rings. The summed E-state index contributed by atoms with van der Waals surface area (Å²) in [6, 6.07) is 13.4. The van der Waals surface area contributed by atoms with Crippen molar-refractivity contribution in [1.29, 1.82) is 0 Å². The molecular formula is C30H36N4O2S. The summed E-state index contributed by atoms with van der Waals surface area (Å²) in [5, 5.41) is 11.1. The number of fused-ring (bicyclic) bond motifs is 1. The lowest BCUT2D eigenvalue weighted by atomic mass is 10.0. The summed E-state index contributed by atoms with van der Waals surface area (Å²) in [7, 11) is 3.22. The molecule has 2 fully saturated rings. The fraction of sp³-hybridized carbons (Fsp3) is 0.433. The molecule has 0 radical (unpaired) electrons. The number of carbonyl (C=O) groups excluding carboxylic acids is 1. The third-order valence-electron chi connectivity index (χ3n) is 7.38. The van der Waals surface area contributed by atoms with E-state index >= 15 is 0 Å². The maximum atomic E-state index is 11.9. The first-order valence-corrected chi connectivity index (χ1v) is 14.1. The average molecular weight is 517 g/mol. The fourth-order valence-electron chi connectivity index (χ4n) is 5.19. The lowest BCUT2D eigenvalue weighted by Crippen LogP contribution is -2.40. The number of anilines is 2. The molecule has 1 saturated heterocycles. The molecule has 1 amide bonds. The first-order valence-electron chi connectivity index (χ1n) is 13.3. The van der Waals surface area contributed by atoms with Crippen molar-refractivity contribution >= 4 is 38.7 Å². The van der Waals surface area contributed by atoms with E-state index < -0.39 is 0 Å². The van der Waals surface area contributed by atoms with Crippen LogP contribution in [0.15, 0.2) is 36.4 Å². The lowest BCUT2D eigenvalue weighted by Gasteiger charge is -2.33. The van der Waals surface area contributed by atoms with E-state index in [0.717, 1.165) is 23.0 Å². The zero-order chi connectivity index (χ0) is 25.8. The van der Waals surface area contributed by atoms with Crippen LogP contribution >= 0.6 is 11.3 Å². The molecule has 5 rings (SSSR count). The quantitative estimate of drug-likeness (QED) is 0.353. The molecule has 1 saturated carbocycles. The standard InChI is InChI=1S/C30H36N4O2S/c1-4-23-24-7-5-8-26(33-21-14-17-34(18-15-21)22-11-12-22)29(24)37-28(23)9-6-16-32-25-13-10-20(30(35)31-2)19-27(25)36-3/h5,7-8,10,13,19,21-22,32-33H,4,11-12,14-18H2,1-3H3,(H,31,35). The first-order chi connectivity index (χ1) is 18.1. The van der Waals surface area contributed by atoms with Crippen LogP contribution < -0.4 is 20.7 Å². The molecule has 0 unspecified atom stereocenters. The zero-order valence-corrected chi connectivity index (χ0v) is 22.8. The highest BCUT2D eigenvalue weighted by molar-refractivity contribution is 7.20. The van der Waals surface area contributed by atoms with Crippen LogP contribution in [0, 0.1) is 11.8 Å². The first kappa shape index (κ1) is 25.4. The van der Waals surface area contributed by atoms with Crippen molar-refractivity contribution < 1.29 is 9.53 Å². The highest BCUT2D eigenvalue weighted by Crippen LogP contribution is 2.37. The van der Waals surface area contributed by atoms with Gasteiger partial charge in [-0.15, -0.1) is 11.3 Å². The average Bonchev–Trinajstić information content (AvgIpc) is 3.72. The molecule has 0 atom stereocenters. The zero-order valence-electron chi connectivity index (χ0n) is 21.9. The van der Waals surface area contributed by atoms with Gasteiger partial charge < -0.3 is 25.6 Å². The topological polar surface area (TPSA) is 65.6 Å². The molecule has 0 spiro atoms. The number of ether oxygens (including phenoxy) is 1. The molecule has 194 valence electrons. The van der Waals surface area contributed by atoms with Gasteiger partial charge in [0, 0.05) is 37.8 Å². The molecule has 6 nitrogen and oxygen atoms in total. The normalized spacial score (nSPS) is 16.2. The maximum Gasteiger partial charge on any atom is 0.251 e. The van der Waals surface area contributed by atoms with Gasteiger partial charge in [0.2, 0.25) is 0 Å². The van der Waals surface area contributed by atoms with Gasteiger partial charge in [-0.3, -0.25) is 4.79 Å². The van der Waals surface area contributed by atoms with Crippen molar-refractivity contribution in [3.8, 4) is 17.6 Å². The fourth-order valence-corrected chi connectivity index (χ4v) is 6.43. The molecule has 0 bridgehead atoms. The minimum atomic E-state index is -0.140. The Balaban J connectivity index is 1.28. The second-order valence-electron chi connectivity index (χ2n) is 9.78. The predicted molar refractivity (Wildman–Crippen MR) is 154 cm³/mol. The number of thiophene rings is 1. The number of aryl methyl sites for hydroxylation is 1. The molecule has 1 aliphatic heterocycles. The van der Waals surface area contributed by atoms with E-state index in [1.807, 2.05) is 6.07 Å². The van der Waals surface area contributed by atoms with Gasteiger partial charge in [-0.1, -0.05) is 30.9 Å². The van der Waals surface area contributed by atoms with E-state index in [0.29, 0.717) is 23.9 Å². The van der Waals surface area contributed by atoms with Crippen molar-refractivity contribution in [1.82, 2.24) is 10.2 Å². The molecule has 1 aliphatic carbocycles. The van der Waals surface area contributed by atoms with Crippen LogP contribution in [0.2, 0.25) is 0 Å². The smallest absolute Gasteiger partial charge is 0.251 e. The second kappa shape index (κ2) is 11.5. The SMILES string of the molecule is CCc1c(C#CCNc2ccc(C(=O)NC)cc2OC)sc2c(NC3CCN(C4CC4)CC3)cccc12. The number of likely N-dealkylation sites (tertiary alicyclic amines) is 1. The number of carbonyl (C=O) groups is 1. The summed E-state index contributed by atoms with van der Waals surface area (Å²) in [4.78, 5) is 15.7. The number of methoxy groups -OCH3 is 1. The summed E-state index contributed by atoms with van der Waals surface area (Å²) in [5.41, 5.74) is 3.95. The molecule has 1 aromatic heterocycles. The van der Waals surface area contributed by atoms with E-state index in [1.54, 1.807) is 37.6 Å². The van der Waals surface area contributed by atoms with E-state index in [-0.39, 0.29) is 5.91 Å². The third kappa shape index (κ3) is 5.71. The van der Waals surface area contributed by atoms with Gasteiger partial charge in [0.1, 0.15) is 5.75 Å². The molecule has 2 aliphatic rings. The molecule has 37 heavy (non-hydrogen) atoms. The molecule has 2 heterocycles. The minimum absolute atomic E-state index is 0.140. The van der Waals surface area contributed by atoms with Crippen LogP contribution in [-0.4, -0.2) is 56.7 Å². The van der Waals surface area contributed by atoms with Crippen LogP contribution in [0.25, 0.3) is 10.1 Å². The van der Waals surface area contributed by atoms with Gasteiger partial charge in [0.15, 0.2) is 0 Å². The number of nitrogens with zero attached hydrogens (tertiary/aromatic N) is 1. The van der Waals surface area contributed by atoms with E-state index in [9.17, 15) is 4.79 Å². The van der Waals surface area contributed by atoms with Crippen LogP contribution in [-0.2, 0) is 6.42 Å². The Morgan fingerprint density at radius 1 is 1.14 bits per heavy atom. The Bertz CT molecular complexity index is 1330. The van der Waals surface area contributed by atoms with E-state index in [4.69, 9.17) is 4.74 Å². The van der Waals surface area contributed by atoms with Crippen molar-refractivity contribution in [2.24, 2.45) is 0 Å². The second-order valence-corrected chi connectivity index (χ2v) is 10.8. The number of amides is 1. The van der Waals surface area contributed by atoms with Crippen molar-refractivity contribution in [2.75, 3.05) is 44.4 Å². The molecule has 2 aromatic carbocycles. The molecule has 3 N–H and O–H groups in total. The summed E-state index contributed by atoms with van der Waals surface area (Å²) in [6.45, 7) is 5.12. The number of hydrogen-bond donors (Lipinski definition) is 3. The van der Waals surface area contributed by atoms with Crippen LogP contribution in [0.3, 0.4) is 0 Å². The number of hydrogen-bond acceptors (Lipinski definition) is 6. The van der Waals surface area contributed by atoms with E-state index in [1.165, 1.54) is 60.1 Å². The number of rotatable bonds is 8. The Morgan fingerprint density at radius 2 is 1.95 bits per heavy atom. The van der Waals surface area contributed by atoms with Gasteiger partial charge in [0.25, 0.3) is 5.91 Å². The van der Waals surface area contributed by atoms with Gasteiger partial charge in [-0.25, -0.2) is 0 Å². The Morgan fingerprint density at radius 3 is 2.65 bits per heavy atom. The van der Waals surface area contributed by atoms with Crippen LogP contribution in [0.4, 0.5) is 11.4 Å². The number of piperidine rings is 1. The van der Waals surface area contributed by atoms with Gasteiger partial charge in [-0.05, 0) is 67.3 Å². The third-order valence-corrected chi connectivity index (χ3v) is 8.58. The Hall–Kier alpha value is -3.21. The Labute approximate surface area is 223 Å². The summed E-state index contributed by atoms with van der Waals surface area (Å²) >= 11 is 1.80. The summed E-state index contributed by atoms with van der Waals surface area (Å²) in [6.07, 6.45) is 6.16. The summed E-state index contributed by atoms with van der Waals surface area (Å²) < 4.78 is 6.78. The van der Waals surface area contributed by atoms with Crippen molar-refractivity contribution in [3.05, 3.63) is 52.4 Å². The van der Waals surface area contributed by atoms with Crippen molar-refractivity contribution in [3.63, 3.8) is 0 Å². The lowest BCUT2D eigenvalue weighted by molar-refractivity contribution is 0.0963. The number of nitrogens with one attached hydrogen (secondary N) is 3.